The molecule has 0 aromatic heterocycles. The van der Waals surface area contributed by atoms with E-state index in [1.165, 1.54) is 19.2 Å². The Balaban J connectivity index is 2.03. The van der Waals surface area contributed by atoms with Crippen molar-refractivity contribution in [1.29, 1.82) is 5.26 Å². The number of methoxy groups -OCH3 is 1. The van der Waals surface area contributed by atoms with Gasteiger partial charge < -0.3 is 19.4 Å². The van der Waals surface area contributed by atoms with Gasteiger partial charge in [-0.2, -0.15) is 10.4 Å². The van der Waals surface area contributed by atoms with E-state index in [2.05, 4.69) is 10.5 Å². The molecule has 7 heteroatoms. The predicted octanol–water partition coefficient (Wildman–Crippen LogP) is 1.41. The molecule has 2 rings (SSSR count). The molecule has 0 spiro atoms. The zero-order chi connectivity index (χ0) is 17.4. The summed E-state index contributed by atoms with van der Waals surface area (Å²) in [6.45, 7) is -0.0623. The number of aromatic carboxylic acids is 1. The van der Waals surface area contributed by atoms with Crippen LogP contribution in [0.2, 0.25) is 0 Å². The third-order valence-electron chi connectivity index (χ3n) is 3.01. The molecule has 0 bridgehead atoms. The summed E-state index contributed by atoms with van der Waals surface area (Å²) in [5.41, 5.74) is 4.28. The monoisotopic (exact) mass is 324 g/mol. The standard InChI is InChI=1S/C17H15N3O4/c1-23-16-10-12(2-7-15(16)24-9-8-18)11-19-20-14-5-3-13(4-6-14)17(21)22/h2-7,10-11,20H,9H2,1H3,(H,21,22)/p-1/b19-11-. The van der Waals surface area contributed by atoms with Crippen molar-refractivity contribution in [3.63, 3.8) is 0 Å². The molecule has 2 aromatic carbocycles. The molecular weight excluding hydrogens is 310 g/mol. The van der Waals surface area contributed by atoms with Crippen LogP contribution in [0, 0.1) is 11.3 Å². The molecule has 24 heavy (non-hydrogen) atoms. The van der Waals surface area contributed by atoms with E-state index in [-0.39, 0.29) is 12.2 Å². The van der Waals surface area contributed by atoms with Crippen molar-refractivity contribution in [2.24, 2.45) is 5.10 Å². The van der Waals surface area contributed by atoms with E-state index in [1.54, 1.807) is 36.5 Å². The SMILES string of the molecule is COc1cc(/C=N\Nc2ccc(C(=O)[O-])cc2)ccc1OCC#N. The molecular formula is C17H14N3O4-. The fourth-order valence-corrected chi connectivity index (χ4v) is 1.86. The molecule has 0 aliphatic heterocycles. The largest absolute Gasteiger partial charge is 0.545 e. The van der Waals surface area contributed by atoms with Crippen LogP contribution >= 0.6 is 0 Å². The van der Waals surface area contributed by atoms with Crippen LogP contribution in [0.3, 0.4) is 0 Å². The second-order valence-corrected chi connectivity index (χ2v) is 4.59. The number of nitriles is 1. The summed E-state index contributed by atoms with van der Waals surface area (Å²) in [6.07, 6.45) is 1.57. The minimum atomic E-state index is -1.23. The minimum Gasteiger partial charge on any atom is -0.545 e. The number of carbonyl (C=O) groups excluding carboxylic acids is 1. The second kappa shape index (κ2) is 8.19. The number of carbonyl (C=O) groups is 1. The van der Waals surface area contributed by atoms with Crippen molar-refractivity contribution in [2.75, 3.05) is 19.1 Å². The number of hydrazone groups is 1. The Hall–Kier alpha value is -3.53. The Morgan fingerprint density at radius 3 is 2.67 bits per heavy atom. The normalized spacial score (nSPS) is 10.2. The summed E-state index contributed by atoms with van der Waals surface area (Å²) in [6, 6.07) is 13.1. The first-order valence-corrected chi connectivity index (χ1v) is 6.92. The average Bonchev–Trinajstić information content (AvgIpc) is 2.60. The van der Waals surface area contributed by atoms with Crippen LogP contribution in [-0.2, 0) is 0 Å². The maximum absolute atomic E-state index is 10.7. The maximum Gasteiger partial charge on any atom is 0.174 e. The fraction of sp³-hybridized carbons (Fsp3) is 0.118. The number of benzene rings is 2. The van der Waals surface area contributed by atoms with Crippen molar-refractivity contribution in [2.45, 2.75) is 0 Å². The van der Waals surface area contributed by atoms with Crippen LogP contribution in [0.15, 0.2) is 47.6 Å². The second-order valence-electron chi connectivity index (χ2n) is 4.59. The van der Waals surface area contributed by atoms with E-state index in [4.69, 9.17) is 14.7 Å². The highest BCUT2D eigenvalue weighted by Gasteiger charge is 2.04. The van der Waals surface area contributed by atoms with Crippen molar-refractivity contribution in [1.82, 2.24) is 0 Å². The smallest absolute Gasteiger partial charge is 0.174 e. The van der Waals surface area contributed by atoms with E-state index < -0.39 is 5.97 Å². The van der Waals surface area contributed by atoms with Crippen molar-refractivity contribution in [3.8, 4) is 17.6 Å². The summed E-state index contributed by atoms with van der Waals surface area (Å²) < 4.78 is 10.4. The number of hydrogen-bond acceptors (Lipinski definition) is 7. The van der Waals surface area contributed by atoms with Crippen molar-refractivity contribution in [3.05, 3.63) is 53.6 Å². The van der Waals surface area contributed by atoms with E-state index in [1.807, 2.05) is 6.07 Å². The van der Waals surface area contributed by atoms with Gasteiger partial charge in [0.15, 0.2) is 18.1 Å². The Kier molecular flexibility index (Phi) is 5.75. The quantitative estimate of drug-likeness (QED) is 0.609. The van der Waals surface area contributed by atoms with E-state index in [9.17, 15) is 9.90 Å². The lowest BCUT2D eigenvalue weighted by atomic mass is 10.2. The van der Waals surface area contributed by atoms with E-state index in [0.29, 0.717) is 17.2 Å². The van der Waals surface area contributed by atoms with Crippen LogP contribution in [0.25, 0.3) is 0 Å². The molecule has 0 aliphatic carbocycles. The van der Waals surface area contributed by atoms with Gasteiger partial charge in [-0.1, -0.05) is 12.1 Å². The van der Waals surface area contributed by atoms with Crippen LogP contribution < -0.4 is 20.0 Å². The summed E-state index contributed by atoms with van der Waals surface area (Å²) >= 11 is 0. The zero-order valence-electron chi connectivity index (χ0n) is 12.9. The average molecular weight is 324 g/mol. The van der Waals surface area contributed by atoms with E-state index >= 15 is 0 Å². The molecule has 0 aliphatic rings. The third-order valence-corrected chi connectivity index (χ3v) is 3.01. The number of carboxylic acid groups (broad SMARTS) is 1. The highest BCUT2D eigenvalue weighted by Crippen LogP contribution is 2.27. The van der Waals surface area contributed by atoms with Crippen LogP contribution in [0.4, 0.5) is 5.69 Å². The molecule has 0 amide bonds. The molecule has 0 fully saturated rings. The Labute approximate surface area is 138 Å². The highest BCUT2D eigenvalue weighted by molar-refractivity contribution is 5.86. The van der Waals surface area contributed by atoms with Gasteiger partial charge in [-0.15, -0.1) is 0 Å². The van der Waals surface area contributed by atoms with Crippen LogP contribution in [-0.4, -0.2) is 25.9 Å². The van der Waals surface area contributed by atoms with Crippen LogP contribution in [0.5, 0.6) is 11.5 Å². The van der Waals surface area contributed by atoms with Crippen molar-refractivity contribution >= 4 is 17.9 Å². The molecule has 0 saturated heterocycles. The lowest BCUT2D eigenvalue weighted by Crippen LogP contribution is -2.21. The van der Waals surface area contributed by atoms with Gasteiger partial charge in [0.2, 0.25) is 0 Å². The molecule has 0 atom stereocenters. The summed E-state index contributed by atoms with van der Waals surface area (Å²) in [5.74, 6) is -0.259. The van der Waals surface area contributed by atoms with Gasteiger partial charge in [0, 0.05) is 0 Å². The molecule has 0 heterocycles. The summed E-state index contributed by atoms with van der Waals surface area (Å²) in [5, 5.41) is 23.3. The molecule has 0 radical (unpaired) electrons. The molecule has 7 nitrogen and oxygen atoms in total. The maximum atomic E-state index is 10.7. The van der Waals surface area contributed by atoms with Gasteiger partial charge >= 0.3 is 0 Å². The Morgan fingerprint density at radius 2 is 2.04 bits per heavy atom. The lowest BCUT2D eigenvalue weighted by molar-refractivity contribution is -0.255. The number of ether oxygens (including phenoxy) is 2. The van der Waals surface area contributed by atoms with Gasteiger partial charge in [0.25, 0.3) is 0 Å². The van der Waals surface area contributed by atoms with Gasteiger partial charge in [-0.05, 0) is 41.5 Å². The number of nitrogens with zero attached hydrogens (tertiary/aromatic N) is 2. The molecule has 1 N–H and O–H groups in total. The fourth-order valence-electron chi connectivity index (χ4n) is 1.86. The number of anilines is 1. The van der Waals surface area contributed by atoms with Gasteiger partial charge in [0.1, 0.15) is 6.07 Å². The third kappa shape index (κ3) is 4.48. The minimum absolute atomic E-state index is 0.0623. The Morgan fingerprint density at radius 1 is 1.29 bits per heavy atom. The number of hydrogen-bond donors (Lipinski definition) is 1. The zero-order valence-corrected chi connectivity index (χ0v) is 12.9. The first kappa shape index (κ1) is 16.8. The molecule has 2 aromatic rings. The van der Waals surface area contributed by atoms with Gasteiger partial charge in [-0.25, -0.2) is 0 Å². The predicted molar refractivity (Wildman–Crippen MR) is 86.1 cm³/mol. The first-order valence-electron chi connectivity index (χ1n) is 6.92. The number of nitrogens with one attached hydrogen (secondary N) is 1. The first-order chi connectivity index (χ1) is 11.6. The van der Waals surface area contributed by atoms with E-state index in [0.717, 1.165) is 5.56 Å². The van der Waals surface area contributed by atoms with Crippen LogP contribution in [0.1, 0.15) is 15.9 Å². The van der Waals surface area contributed by atoms with Gasteiger partial charge in [0.05, 0.1) is 25.0 Å². The Bertz CT molecular complexity index is 779. The number of carboxylic acids is 1. The molecule has 0 saturated carbocycles. The van der Waals surface area contributed by atoms with Gasteiger partial charge in [-0.3, -0.25) is 5.43 Å². The molecule has 0 unspecified atom stereocenters. The summed E-state index contributed by atoms with van der Waals surface area (Å²) in [7, 11) is 1.51. The number of rotatable bonds is 7. The van der Waals surface area contributed by atoms with Crippen molar-refractivity contribution < 1.29 is 19.4 Å². The lowest BCUT2D eigenvalue weighted by Gasteiger charge is -2.08. The summed E-state index contributed by atoms with van der Waals surface area (Å²) in [4.78, 5) is 10.7. The molecule has 122 valence electrons. The topological polar surface area (TPSA) is 107 Å². The highest BCUT2D eigenvalue weighted by atomic mass is 16.5.